The van der Waals surface area contributed by atoms with Gasteiger partial charge in [0, 0.05) is 40.8 Å². The van der Waals surface area contributed by atoms with Crippen LogP contribution in [0.1, 0.15) is 52.2 Å². The number of benzene rings is 2. The monoisotopic (exact) mass is 382 g/mol. The molecule has 3 aromatic rings. The Morgan fingerprint density at radius 3 is 2.41 bits per heavy atom. The molecule has 0 amide bonds. The summed E-state index contributed by atoms with van der Waals surface area (Å²) in [5.74, 6) is 0. The number of halogens is 1. The number of nitrogens with zero attached hydrogens (tertiary/aromatic N) is 1. The van der Waals surface area contributed by atoms with Crippen molar-refractivity contribution in [3.63, 3.8) is 0 Å². The fourth-order valence-electron chi connectivity index (χ4n) is 4.15. The van der Waals surface area contributed by atoms with Crippen LogP contribution in [0.5, 0.6) is 0 Å². The third-order valence-electron chi connectivity index (χ3n) is 4.84. The molecule has 3 rings (SSSR count). The van der Waals surface area contributed by atoms with Gasteiger partial charge in [0.25, 0.3) is 0 Å². The molecule has 0 aliphatic rings. The van der Waals surface area contributed by atoms with Crippen molar-refractivity contribution in [3.8, 4) is 0 Å². The molecule has 0 saturated heterocycles. The summed E-state index contributed by atoms with van der Waals surface area (Å²) in [4.78, 5) is 0. The van der Waals surface area contributed by atoms with Gasteiger partial charge in [-0.1, -0.05) is 62.7 Å². The number of nitrogens with one attached hydrogen (secondary N) is 1. The predicted octanol–water partition coefficient (Wildman–Crippen LogP) is 6.65. The molecule has 2 aromatic carbocycles. The topological polar surface area (TPSA) is 17.0 Å². The summed E-state index contributed by atoms with van der Waals surface area (Å²) in [5, 5.41) is 5.88. The van der Waals surface area contributed by atoms with Gasteiger partial charge < -0.3 is 9.88 Å². The highest BCUT2D eigenvalue weighted by molar-refractivity contribution is 6.30. The zero-order chi connectivity index (χ0) is 19.7. The van der Waals surface area contributed by atoms with E-state index in [4.69, 9.17) is 11.6 Å². The molecule has 3 heteroatoms. The minimum absolute atomic E-state index is 0.0917. The average Bonchev–Trinajstić information content (AvgIpc) is 2.89. The summed E-state index contributed by atoms with van der Waals surface area (Å²) in [6.45, 7) is 13.2. The highest BCUT2D eigenvalue weighted by Gasteiger charge is 2.25. The first kappa shape index (κ1) is 20.0. The van der Waals surface area contributed by atoms with E-state index in [0.29, 0.717) is 5.41 Å². The van der Waals surface area contributed by atoms with Crippen LogP contribution < -0.4 is 5.32 Å². The van der Waals surface area contributed by atoms with Crippen LogP contribution in [0, 0.1) is 5.41 Å². The molecule has 0 fully saturated rings. The van der Waals surface area contributed by atoms with E-state index in [2.05, 4.69) is 81.0 Å². The molecule has 27 heavy (non-hydrogen) atoms. The zero-order valence-corrected chi connectivity index (χ0v) is 17.9. The maximum Gasteiger partial charge on any atom is 0.0486 e. The molecule has 1 aromatic heterocycles. The molecule has 0 aliphatic carbocycles. The van der Waals surface area contributed by atoms with E-state index in [9.17, 15) is 0 Å². The molecule has 144 valence electrons. The van der Waals surface area contributed by atoms with Gasteiger partial charge in [0.1, 0.15) is 0 Å². The van der Waals surface area contributed by atoms with Crippen LogP contribution in [0.3, 0.4) is 0 Å². The van der Waals surface area contributed by atoms with E-state index in [1.165, 1.54) is 22.0 Å². The molecule has 2 nitrogen and oxygen atoms in total. The Labute approximate surface area is 168 Å². The van der Waals surface area contributed by atoms with Crippen molar-refractivity contribution < 1.29 is 0 Å². The Balaban J connectivity index is 1.84. The van der Waals surface area contributed by atoms with E-state index >= 15 is 0 Å². The molecule has 0 radical (unpaired) electrons. The lowest BCUT2D eigenvalue weighted by molar-refractivity contribution is 0.241. The molecule has 1 N–H and O–H groups in total. The summed E-state index contributed by atoms with van der Waals surface area (Å²) in [5.41, 5.74) is 4.22. The molecule has 0 spiro atoms. The molecule has 0 bridgehead atoms. The number of para-hydroxylation sites is 1. The lowest BCUT2D eigenvalue weighted by Crippen LogP contribution is -2.41. The first-order valence-electron chi connectivity index (χ1n) is 9.69. The van der Waals surface area contributed by atoms with Crippen LogP contribution in [0.2, 0.25) is 5.02 Å². The van der Waals surface area contributed by atoms with Gasteiger partial charge in [0.15, 0.2) is 0 Å². The Kier molecular flexibility index (Phi) is 5.69. The lowest BCUT2D eigenvalue weighted by atomic mass is 9.82. The number of hydrogen-bond acceptors (Lipinski definition) is 1. The van der Waals surface area contributed by atoms with Gasteiger partial charge in [-0.3, -0.25) is 0 Å². The molecule has 0 atom stereocenters. The van der Waals surface area contributed by atoms with Crippen LogP contribution in [0.25, 0.3) is 10.9 Å². The van der Waals surface area contributed by atoms with E-state index in [0.717, 1.165) is 24.5 Å². The number of fused-ring (bicyclic) bond motifs is 1. The smallest absolute Gasteiger partial charge is 0.0486 e. The Morgan fingerprint density at radius 1 is 0.963 bits per heavy atom. The van der Waals surface area contributed by atoms with Gasteiger partial charge in [-0.2, -0.15) is 0 Å². The summed E-state index contributed by atoms with van der Waals surface area (Å²) in [7, 11) is 0. The third-order valence-corrected chi connectivity index (χ3v) is 5.08. The molecule has 1 heterocycles. The van der Waals surface area contributed by atoms with Crippen molar-refractivity contribution in [2.45, 2.75) is 59.7 Å². The van der Waals surface area contributed by atoms with Crippen molar-refractivity contribution in [2.75, 3.05) is 0 Å². The highest BCUT2D eigenvalue weighted by Crippen LogP contribution is 2.28. The summed E-state index contributed by atoms with van der Waals surface area (Å²) in [6, 6.07) is 16.8. The zero-order valence-electron chi connectivity index (χ0n) is 17.1. The van der Waals surface area contributed by atoms with Crippen LogP contribution in [0.15, 0.2) is 54.7 Å². The SMILES string of the molecule is CC(C)(C)CC(C)(C)NCc1cn(Cc2cccc(Cl)c2)c2ccccc12. The first-order valence-corrected chi connectivity index (χ1v) is 10.1. The quantitative estimate of drug-likeness (QED) is 0.505. The fraction of sp³-hybridized carbons (Fsp3) is 0.417. The third kappa shape index (κ3) is 5.37. The van der Waals surface area contributed by atoms with Crippen molar-refractivity contribution in [2.24, 2.45) is 5.41 Å². The van der Waals surface area contributed by atoms with Gasteiger partial charge in [-0.25, -0.2) is 0 Å². The second-order valence-electron chi connectivity index (χ2n) is 9.40. The van der Waals surface area contributed by atoms with Gasteiger partial charge in [-0.05, 0) is 55.0 Å². The average molecular weight is 383 g/mol. The van der Waals surface area contributed by atoms with Crippen molar-refractivity contribution in [3.05, 3.63) is 70.9 Å². The fourth-order valence-corrected chi connectivity index (χ4v) is 4.36. The molecule has 0 unspecified atom stereocenters. The Morgan fingerprint density at radius 2 is 1.70 bits per heavy atom. The van der Waals surface area contributed by atoms with Crippen molar-refractivity contribution in [1.29, 1.82) is 0 Å². The second-order valence-corrected chi connectivity index (χ2v) is 9.84. The normalized spacial score (nSPS) is 12.7. The summed E-state index contributed by atoms with van der Waals surface area (Å²) in [6.07, 6.45) is 3.41. The highest BCUT2D eigenvalue weighted by atomic mass is 35.5. The predicted molar refractivity (Wildman–Crippen MR) is 117 cm³/mol. The number of rotatable bonds is 6. The van der Waals surface area contributed by atoms with Crippen LogP contribution in [0.4, 0.5) is 0 Å². The summed E-state index contributed by atoms with van der Waals surface area (Å²) >= 11 is 6.17. The van der Waals surface area contributed by atoms with Crippen LogP contribution in [-0.2, 0) is 13.1 Å². The van der Waals surface area contributed by atoms with Gasteiger partial charge in [0.2, 0.25) is 0 Å². The van der Waals surface area contributed by atoms with Gasteiger partial charge >= 0.3 is 0 Å². The first-order chi connectivity index (χ1) is 12.6. The molecule has 0 saturated carbocycles. The van der Waals surface area contributed by atoms with E-state index < -0.39 is 0 Å². The van der Waals surface area contributed by atoms with Crippen LogP contribution >= 0.6 is 11.6 Å². The molecular formula is C24H31ClN2. The largest absolute Gasteiger partial charge is 0.343 e. The maximum atomic E-state index is 6.17. The van der Waals surface area contributed by atoms with Gasteiger partial charge in [0.05, 0.1) is 0 Å². The second kappa shape index (κ2) is 7.69. The maximum absolute atomic E-state index is 6.17. The Bertz CT molecular complexity index is 916. The van der Waals surface area contributed by atoms with Crippen LogP contribution in [-0.4, -0.2) is 10.1 Å². The lowest BCUT2D eigenvalue weighted by Gasteiger charge is -2.33. The molecule has 0 aliphatic heterocycles. The number of hydrogen-bond donors (Lipinski definition) is 1. The Hall–Kier alpha value is -1.77. The number of aromatic nitrogens is 1. The van der Waals surface area contributed by atoms with E-state index in [1.807, 2.05) is 18.2 Å². The van der Waals surface area contributed by atoms with Crippen molar-refractivity contribution in [1.82, 2.24) is 9.88 Å². The van der Waals surface area contributed by atoms with E-state index in [-0.39, 0.29) is 5.54 Å². The molecular weight excluding hydrogens is 352 g/mol. The minimum atomic E-state index is 0.0917. The van der Waals surface area contributed by atoms with Gasteiger partial charge in [-0.15, -0.1) is 0 Å². The standard InChI is InChI=1S/C24H31ClN2/c1-23(2,3)17-24(4,5)26-14-19-16-27(22-12-7-6-11-21(19)22)15-18-9-8-10-20(25)13-18/h6-13,16,26H,14-15,17H2,1-5H3. The van der Waals surface area contributed by atoms with Crippen molar-refractivity contribution >= 4 is 22.5 Å². The van der Waals surface area contributed by atoms with E-state index in [1.54, 1.807) is 0 Å². The summed E-state index contributed by atoms with van der Waals surface area (Å²) < 4.78 is 2.33. The minimum Gasteiger partial charge on any atom is -0.343 e.